The molecule has 3 aromatic rings. The summed E-state index contributed by atoms with van der Waals surface area (Å²) in [6, 6.07) is 15.2. The molecule has 0 saturated carbocycles. The van der Waals surface area contributed by atoms with Crippen LogP contribution < -0.4 is 26.5 Å². The average molecular weight is 491 g/mol. The molecule has 5 rings (SSSR count). The monoisotopic (exact) mass is 490 g/mol. The summed E-state index contributed by atoms with van der Waals surface area (Å²) in [6.07, 6.45) is 1.81. The van der Waals surface area contributed by atoms with Gasteiger partial charge in [0.15, 0.2) is 17.3 Å². The Bertz CT molecular complexity index is 1400. The maximum atomic E-state index is 13.5. The van der Waals surface area contributed by atoms with Crippen molar-refractivity contribution in [3.8, 4) is 11.5 Å². The number of nitrogens with two attached hydrogens (primary N) is 1. The third-order valence-electron chi connectivity index (χ3n) is 6.91. The first-order valence-corrected chi connectivity index (χ1v) is 12.3. The topological polar surface area (TPSA) is 109 Å². The average Bonchev–Trinajstić information content (AvgIpc) is 3.35. The zero-order valence-corrected chi connectivity index (χ0v) is 20.3. The van der Waals surface area contributed by atoms with Crippen LogP contribution in [0.3, 0.4) is 0 Å². The van der Waals surface area contributed by atoms with Gasteiger partial charge in [-0.05, 0) is 49.6 Å². The van der Waals surface area contributed by atoms with Gasteiger partial charge in [-0.1, -0.05) is 36.4 Å². The van der Waals surface area contributed by atoms with E-state index >= 15 is 0 Å². The Balaban J connectivity index is 1.45. The van der Waals surface area contributed by atoms with E-state index in [1.54, 1.807) is 6.92 Å². The van der Waals surface area contributed by atoms with Crippen LogP contribution in [-0.4, -0.2) is 46.1 Å². The molecule has 188 valence electrons. The fourth-order valence-electron chi connectivity index (χ4n) is 5.10. The second-order valence-electron chi connectivity index (χ2n) is 9.12. The van der Waals surface area contributed by atoms with Crippen molar-refractivity contribution in [3.63, 3.8) is 0 Å². The number of hydrogen-bond acceptors (Lipinski definition) is 7. The highest BCUT2D eigenvalue weighted by Crippen LogP contribution is 2.38. The lowest BCUT2D eigenvalue weighted by molar-refractivity contribution is 0.0919. The van der Waals surface area contributed by atoms with Crippen LogP contribution in [-0.2, 0) is 13.1 Å². The lowest BCUT2D eigenvalue weighted by Gasteiger charge is -2.26. The molecule has 9 heteroatoms. The van der Waals surface area contributed by atoms with Crippen molar-refractivity contribution in [2.24, 2.45) is 0 Å². The van der Waals surface area contributed by atoms with Crippen molar-refractivity contribution >= 4 is 11.6 Å². The first kappa shape index (κ1) is 23.9. The number of fused-ring (bicyclic) bond motifs is 1. The van der Waals surface area contributed by atoms with Crippen LogP contribution in [0.15, 0.2) is 58.1 Å². The van der Waals surface area contributed by atoms with E-state index in [0.717, 1.165) is 40.8 Å². The van der Waals surface area contributed by atoms with Crippen LogP contribution in [0, 0.1) is 0 Å². The molecule has 1 fully saturated rings. The number of carbonyl (C=O) groups excluding carboxylic acids is 1. The minimum absolute atomic E-state index is 0.00891. The SMILES string of the molecule is CCn1c(=O)c(C(=O)CN2CCCC2c2ccc3c(c2)OCCO3)c(N)n(Cc2ccccc2)c1=O. The van der Waals surface area contributed by atoms with E-state index in [4.69, 9.17) is 15.2 Å². The van der Waals surface area contributed by atoms with Crippen molar-refractivity contribution in [2.75, 3.05) is 32.0 Å². The maximum absolute atomic E-state index is 13.5. The standard InChI is InChI=1S/C27H30N4O5/c1-2-30-26(33)24(25(28)31(27(30)34)16-18-7-4-3-5-8-18)21(32)17-29-12-6-9-20(29)19-10-11-22-23(15-19)36-14-13-35-22/h3-5,7-8,10-11,15,20H,2,6,9,12-14,16-17,28H2,1H3. The zero-order chi connectivity index (χ0) is 25.2. The summed E-state index contributed by atoms with van der Waals surface area (Å²) in [4.78, 5) is 41.8. The molecule has 36 heavy (non-hydrogen) atoms. The minimum atomic E-state index is -0.635. The molecule has 0 amide bonds. The molecule has 1 saturated heterocycles. The number of likely N-dealkylation sites (tertiary alicyclic amines) is 1. The number of rotatable bonds is 7. The lowest BCUT2D eigenvalue weighted by atomic mass is 10.0. The Labute approximate surface area is 208 Å². The summed E-state index contributed by atoms with van der Waals surface area (Å²) >= 11 is 0. The smallest absolute Gasteiger partial charge is 0.332 e. The quantitative estimate of drug-likeness (QED) is 0.507. The first-order valence-electron chi connectivity index (χ1n) is 12.3. The van der Waals surface area contributed by atoms with Crippen LogP contribution in [0.1, 0.15) is 47.3 Å². The molecule has 1 unspecified atom stereocenters. The van der Waals surface area contributed by atoms with E-state index in [9.17, 15) is 14.4 Å². The minimum Gasteiger partial charge on any atom is -0.486 e. The number of aromatic nitrogens is 2. The molecular formula is C27H30N4O5. The highest BCUT2D eigenvalue weighted by Gasteiger charge is 2.31. The number of anilines is 1. The van der Waals surface area contributed by atoms with E-state index in [1.165, 1.54) is 4.57 Å². The summed E-state index contributed by atoms with van der Waals surface area (Å²) in [5, 5.41) is 0. The second kappa shape index (κ2) is 10.0. The molecule has 0 spiro atoms. The number of hydrogen-bond donors (Lipinski definition) is 1. The molecule has 2 aliphatic heterocycles. The first-order chi connectivity index (χ1) is 17.5. The summed E-state index contributed by atoms with van der Waals surface area (Å²) < 4.78 is 13.8. The number of benzene rings is 2. The molecule has 0 radical (unpaired) electrons. The molecule has 2 N–H and O–H groups in total. The Morgan fingerprint density at radius 2 is 1.78 bits per heavy atom. The highest BCUT2D eigenvalue weighted by atomic mass is 16.6. The number of nitrogens with zero attached hydrogens (tertiary/aromatic N) is 3. The number of nitrogen functional groups attached to an aromatic ring is 1. The number of ketones is 1. The molecule has 0 aliphatic carbocycles. The summed E-state index contributed by atoms with van der Waals surface area (Å²) in [7, 11) is 0. The molecule has 0 bridgehead atoms. The van der Waals surface area contributed by atoms with Gasteiger partial charge < -0.3 is 15.2 Å². The van der Waals surface area contributed by atoms with Gasteiger partial charge in [0.2, 0.25) is 0 Å². The van der Waals surface area contributed by atoms with Crippen molar-refractivity contribution in [1.29, 1.82) is 0 Å². The predicted molar refractivity (Wildman–Crippen MR) is 136 cm³/mol. The van der Waals surface area contributed by atoms with E-state index in [1.807, 2.05) is 48.5 Å². The molecule has 3 heterocycles. The number of Topliss-reactive ketones (excluding diaryl/α,β-unsaturated/α-hetero) is 1. The Kier molecular flexibility index (Phi) is 6.65. The van der Waals surface area contributed by atoms with Gasteiger partial charge in [-0.3, -0.25) is 23.6 Å². The van der Waals surface area contributed by atoms with E-state index in [0.29, 0.717) is 19.0 Å². The third kappa shape index (κ3) is 4.42. The van der Waals surface area contributed by atoms with Gasteiger partial charge in [-0.25, -0.2) is 4.79 Å². The Morgan fingerprint density at radius 1 is 1.03 bits per heavy atom. The van der Waals surface area contributed by atoms with Crippen molar-refractivity contribution in [3.05, 3.63) is 86.1 Å². The molecule has 9 nitrogen and oxygen atoms in total. The van der Waals surface area contributed by atoms with Crippen LogP contribution >= 0.6 is 0 Å². The summed E-state index contributed by atoms with van der Waals surface area (Å²) in [6.45, 7) is 3.82. The van der Waals surface area contributed by atoms with Crippen molar-refractivity contribution in [1.82, 2.24) is 14.0 Å². The van der Waals surface area contributed by atoms with E-state index in [2.05, 4.69) is 4.90 Å². The largest absolute Gasteiger partial charge is 0.486 e. The normalized spacial score (nSPS) is 17.3. The fourth-order valence-corrected chi connectivity index (χ4v) is 5.10. The Hall–Kier alpha value is -3.85. The van der Waals surface area contributed by atoms with Crippen LogP contribution in [0.4, 0.5) is 5.82 Å². The summed E-state index contributed by atoms with van der Waals surface area (Å²) in [5.41, 5.74) is 6.95. The summed E-state index contributed by atoms with van der Waals surface area (Å²) in [5.74, 6) is 0.962. The van der Waals surface area contributed by atoms with Gasteiger partial charge in [0, 0.05) is 12.6 Å². The van der Waals surface area contributed by atoms with Crippen molar-refractivity contribution < 1.29 is 14.3 Å². The van der Waals surface area contributed by atoms with Gasteiger partial charge in [-0.15, -0.1) is 0 Å². The third-order valence-corrected chi connectivity index (χ3v) is 6.91. The van der Waals surface area contributed by atoms with Crippen LogP contribution in [0.5, 0.6) is 11.5 Å². The lowest BCUT2D eigenvalue weighted by Crippen LogP contribution is -2.45. The maximum Gasteiger partial charge on any atom is 0.332 e. The zero-order valence-electron chi connectivity index (χ0n) is 20.3. The van der Waals surface area contributed by atoms with E-state index < -0.39 is 11.2 Å². The van der Waals surface area contributed by atoms with Crippen molar-refractivity contribution in [2.45, 2.75) is 38.9 Å². The molecule has 2 aliphatic rings. The van der Waals surface area contributed by atoms with Gasteiger partial charge in [0.1, 0.15) is 24.6 Å². The molecular weight excluding hydrogens is 460 g/mol. The number of ether oxygens (including phenoxy) is 2. The highest BCUT2D eigenvalue weighted by molar-refractivity contribution is 6.01. The second-order valence-corrected chi connectivity index (χ2v) is 9.12. The van der Waals surface area contributed by atoms with Gasteiger partial charge >= 0.3 is 5.69 Å². The molecule has 2 aromatic carbocycles. The molecule has 1 aromatic heterocycles. The van der Waals surface area contributed by atoms with E-state index in [-0.39, 0.29) is 42.8 Å². The van der Waals surface area contributed by atoms with Gasteiger partial charge in [0.05, 0.1) is 13.1 Å². The number of carbonyl (C=O) groups is 1. The van der Waals surface area contributed by atoms with Crippen LogP contribution in [0.25, 0.3) is 0 Å². The van der Waals surface area contributed by atoms with Crippen LogP contribution in [0.2, 0.25) is 0 Å². The Morgan fingerprint density at radius 3 is 2.53 bits per heavy atom. The molecule has 1 atom stereocenters. The van der Waals surface area contributed by atoms with Gasteiger partial charge in [-0.2, -0.15) is 0 Å². The predicted octanol–water partition coefficient (Wildman–Crippen LogP) is 2.45. The fraction of sp³-hybridized carbons (Fsp3) is 0.370. The van der Waals surface area contributed by atoms with Gasteiger partial charge in [0.25, 0.3) is 5.56 Å².